The molecule has 62 heavy (non-hydrogen) atoms. The van der Waals surface area contributed by atoms with Crippen LogP contribution in [0.5, 0.6) is 23.0 Å². The van der Waals surface area contributed by atoms with Gasteiger partial charge in [0.25, 0.3) is 0 Å². The number of methoxy groups -OCH3 is 2. The number of hydrogen-bond donors (Lipinski definition) is 0. The lowest BCUT2D eigenvalue weighted by molar-refractivity contribution is -0.135. The van der Waals surface area contributed by atoms with E-state index in [2.05, 4.69) is 27.7 Å². The smallest absolute Gasteiger partial charge is 0.311 e. The number of hydrogen-bond acceptors (Lipinski definition) is 6. The molecule has 0 amide bonds. The van der Waals surface area contributed by atoms with Crippen LogP contribution in [0.4, 0.5) is 0 Å². The lowest BCUT2D eigenvalue weighted by Crippen LogP contribution is -2.14. The van der Waals surface area contributed by atoms with Crippen LogP contribution in [0.15, 0.2) is 36.4 Å². The minimum Gasteiger partial charge on any atom is -0.493 e. The molecule has 0 saturated heterocycles. The topological polar surface area (TPSA) is 71.1 Å². The standard InChI is InChI=1S/C56H94O6/c1-7-9-11-13-15-17-19-21-23-25-27-29-31-33-35-37-55(57)61-51-41-39-49(45-53(51)59-5)43-47(3)48(4)44-50-40-42-52(54(46-50)60-6)62-56(58)38-36-34-32-30-28-26-24-22-20-18-16-14-12-10-8-2/h39-42,45-48H,7-38,43-44H2,1-6H3/t47-,48+. The van der Waals surface area contributed by atoms with Gasteiger partial charge in [-0.15, -0.1) is 0 Å². The number of esters is 2. The molecule has 0 unspecified atom stereocenters. The monoisotopic (exact) mass is 863 g/mol. The highest BCUT2D eigenvalue weighted by Gasteiger charge is 2.18. The van der Waals surface area contributed by atoms with E-state index in [1.807, 2.05) is 36.4 Å². The van der Waals surface area contributed by atoms with Gasteiger partial charge in [-0.3, -0.25) is 9.59 Å². The Labute approximate surface area is 381 Å². The Morgan fingerprint density at radius 1 is 0.387 bits per heavy atom. The van der Waals surface area contributed by atoms with Crippen molar-refractivity contribution in [1.29, 1.82) is 0 Å². The molecule has 0 spiro atoms. The molecule has 0 aromatic heterocycles. The van der Waals surface area contributed by atoms with Gasteiger partial charge in [-0.05, 0) is 72.9 Å². The maximum Gasteiger partial charge on any atom is 0.311 e. The molecule has 6 heteroatoms. The van der Waals surface area contributed by atoms with E-state index in [1.54, 1.807) is 14.2 Å². The second kappa shape index (κ2) is 37.4. The van der Waals surface area contributed by atoms with Gasteiger partial charge < -0.3 is 18.9 Å². The molecule has 354 valence electrons. The third-order valence-electron chi connectivity index (χ3n) is 13.0. The van der Waals surface area contributed by atoms with Crippen LogP contribution in [-0.2, 0) is 22.4 Å². The van der Waals surface area contributed by atoms with Crippen LogP contribution in [0.1, 0.15) is 244 Å². The van der Waals surface area contributed by atoms with E-state index in [0.29, 0.717) is 47.7 Å². The summed E-state index contributed by atoms with van der Waals surface area (Å²) >= 11 is 0. The lowest BCUT2D eigenvalue weighted by atomic mass is 9.85. The van der Waals surface area contributed by atoms with E-state index < -0.39 is 0 Å². The Hall–Kier alpha value is -3.02. The quantitative estimate of drug-likeness (QED) is 0.0377. The van der Waals surface area contributed by atoms with Crippen molar-refractivity contribution >= 4 is 11.9 Å². The highest BCUT2D eigenvalue weighted by atomic mass is 16.6. The molecule has 0 bridgehead atoms. The average Bonchev–Trinajstić information content (AvgIpc) is 3.27. The fourth-order valence-electron chi connectivity index (χ4n) is 8.62. The van der Waals surface area contributed by atoms with Gasteiger partial charge in [-0.25, -0.2) is 0 Å². The van der Waals surface area contributed by atoms with E-state index >= 15 is 0 Å². The number of ether oxygens (including phenoxy) is 4. The van der Waals surface area contributed by atoms with Gasteiger partial charge in [-0.2, -0.15) is 0 Å². The summed E-state index contributed by atoms with van der Waals surface area (Å²) in [4.78, 5) is 25.4. The zero-order valence-electron chi connectivity index (χ0n) is 41.1. The van der Waals surface area contributed by atoms with E-state index in [9.17, 15) is 9.59 Å². The van der Waals surface area contributed by atoms with Crippen LogP contribution >= 0.6 is 0 Å². The molecule has 2 aromatic carbocycles. The molecule has 0 fully saturated rings. The number of benzene rings is 2. The van der Waals surface area contributed by atoms with E-state index in [4.69, 9.17) is 18.9 Å². The molecule has 0 aliphatic heterocycles. The van der Waals surface area contributed by atoms with Crippen LogP contribution in [0.3, 0.4) is 0 Å². The lowest BCUT2D eigenvalue weighted by Gasteiger charge is -2.21. The molecular formula is C56H94O6. The Kier molecular flexibility index (Phi) is 33.2. The largest absolute Gasteiger partial charge is 0.493 e. The second-order valence-electron chi connectivity index (χ2n) is 18.7. The fourth-order valence-corrected chi connectivity index (χ4v) is 8.62. The van der Waals surface area contributed by atoms with Gasteiger partial charge in [0.2, 0.25) is 0 Å². The predicted octanol–water partition coefficient (Wildman–Crippen LogP) is 17.1. The first-order valence-electron chi connectivity index (χ1n) is 26.1. The van der Waals surface area contributed by atoms with Crippen LogP contribution in [0, 0.1) is 11.8 Å². The highest BCUT2D eigenvalue weighted by Crippen LogP contribution is 2.33. The molecule has 0 heterocycles. The van der Waals surface area contributed by atoms with Gasteiger partial charge in [-0.1, -0.05) is 220 Å². The normalized spacial score (nSPS) is 12.3. The van der Waals surface area contributed by atoms with Gasteiger partial charge in [0.05, 0.1) is 14.2 Å². The fraction of sp³-hybridized carbons (Fsp3) is 0.750. The first kappa shape index (κ1) is 55.1. The molecule has 0 N–H and O–H groups in total. The second-order valence-corrected chi connectivity index (χ2v) is 18.7. The Bertz CT molecular complexity index is 1300. The summed E-state index contributed by atoms with van der Waals surface area (Å²) in [6.07, 6.45) is 41.7. The first-order valence-corrected chi connectivity index (χ1v) is 26.1. The van der Waals surface area contributed by atoms with Crippen LogP contribution in [0.2, 0.25) is 0 Å². The minimum atomic E-state index is -0.191. The van der Waals surface area contributed by atoms with Gasteiger partial charge in [0.1, 0.15) is 0 Å². The van der Waals surface area contributed by atoms with Crippen molar-refractivity contribution in [1.82, 2.24) is 0 Å². The van der Waals surface area contributed by atoms with Gasteiger partial charge in [0, 0.05) is 12.8 Å². The van der Waals surface area contributed by atoms with Gasteiger partial charge >= 0.3 is 11.9 Å². The van der Waals surface area contributed by atoms with E-state index in [0.717, 1.165) is 49.7 Å². The number of carbonyl (C=O) groups excluding carboxylic acids is 2. The number of unbranched alkanes of at least 4 members (excludes halogenated alkanes) is 28. The Morgan fingerprint density at radius 2 is 0.645 bits per heavy atom. The van der Waals surface area contributed by atoms with E-state index in [1.165, 1.54) is 167 Å². The first-order chi connectivity index (χ1) is 30.3. The predicted molar refractivity (Wildman–Crippen MR) is 262 cm³/mol. The summed E-state index contributed by atoms with van der Waals surface area (Å²) in [6.45, 7) is 9.10. The van der Waals surface area contributed by atoms with Crippen LogP contribution in [-0.4, -0.2) is 26.2 Å². The zero-order valence-corrected chi connectivity index (χ0v) is 41.1. The molecule has 0 aliphatic carbocycles. The summed E-state index contributed by atoms with van der Waals surface area (Å²) in [5.74, 6) is 2.57. The molecule has 2 atom stereocenters. The van der Waals surface area contributed by atoms with E-state index in [-0.39, 0.29) is 11.9 Å². The van der Waals surface area contributed by atoms with Crippen molar-refractivity contribution < 1.29 is 28.5 Å². The third kappa shape index (κ3) is 27.2. The molecule has 0 aliphatic rings. The molecular weight excluding hydrogens is 769 g/mol. The summed E-state index contributed by atoms with van der Waals surface area (Å²) in [7, 11) is 3.26. The average molecular weight is 863 g/mol. The van der Waals surface area contributed by atoms with Crippen LogP contribution in [0.25, 0.3) is 0 Å². The zero-order chi connectivity index (χ0) is 44.9. The van der Waals surface area contributed by atoms with Crippen LogP contribution < -0.4 is 18.9 Å². The van der Waals surface area contributed by atoms with Crippen molar-refractivity contribution in [2.75, 3.05) is 14.2 Å². The molecule has 2 rings (SSSR count). The third-order valence-corrected chi connectivity index (χ3v) is 13.0. The molecule has 0 radical (unpaired) electrons. The molecule has 2 aromatic rings. The summed E-state index contributed by atoms with van der Waals surface area (Å²) in [6, 6.07) is 11.9. The maximum atomic E-state index is 12.7. The van der Waals surface area contributed by atoms with Crippen molar-refractivity contribution in [3.05, 3.63) is 47.5 Å². The van der Waals surface area contributed by atoms with Crippen molar-refractivity contribution in [3.63, 3.8) is 0 Å². The Balaban J connectivity index is 1.62. The summed E-state index contributed by atoms with van der Waals surface area (Å²) in [5, 5.41) is 0. The molecule has 0 saturated carbocycles. The maximum absolute atomic E-state index is 12.7. The Morgan fingerprint density at radius 3 is 0.903 bits per heavy atom. The van der Waals surface area contributed by atoms with Crippen molar-refractivity contribution in [3.8, 4) is 23.0 Å². The van der Waals surface area contributed by atoms with Crippen molar-refractivity contribution in [2.24, 2.45) is 11.8 Å². The number of rotatable bonds is 41. The SMILES string of the molecule is CCCCCCCCCCCCCCCCCC(=O)Oc1ccc(C[C@@H](C)[C@@H](C)Cc2ccc(OC(=O)CCCCCCCCCCCCCCCCC)c(OC)c2)cc1OC. The van der Waals surface area contributed by atoms with Gasteiger partial charge in [0.15, 0.2) is 23.0 Å². The van der Waals surface area contributed by atoms with Crippen molar-refractivity contribution in [2.45, 2.75) is 246 Å². The number of carbonyl (C=O) groups is 2. The summed E-state index contributed by atoms with van der Waals surface area (Å²) in [5.41, 5.74) is 2.30. The molecule has 6 nitrogen and oxygen atoms in total. The highest BCUT2D eigenvalue weighted by molar-refractivity contribution is 5.73. The summed E-state index contributed by atoms with van der Waals surface area (Å²) < 4.78 is 22.8. The minimum absolute atomic E-state index is 0.191.